The maximum Gasteiger partial charge on any atom is 0.337 e. The summed E-state index contributed by atoms with van der Waals surface area (Å²) >= 11 is 0. The average Bonchev–Trinajstić information content (AvgIpc) is 3.40. The SMILES string of the molecule is COC(=O)c1ccc(C2NC(C(=O)O)(c3ccccc3)C3C(=O)N(Cc4ccccc4)C(=O)C23)cc1. The second kappa shape index (κ2) is 9.05. The molecule has 0 aromatic heterocycles. The highest BCUT2D eigenvalue weighted by atomic mass is 16.5. The van der Waals surface area contributed by atoms with Gasteiger partial charge < -0.3 is 9.84 Å². The number of esters is 1. The lowest BCUT2D eigenvalue weighted by molar-refractivity contribution is -0.152. The fourth-order valence-electron chi connectivity index (χ4n) is 5.41. The number of aliphatic carboxylic acids is 1. The number of carboxylic acid groups (broad SMARTS) is 1. The highest BCUT2D eigenvalue weighted by Gasteiger charge is 2.69. The van der Waals surface area contributed by atoms with Gasteiger partial charge in [0.1, 0.15) is 0 Å². The summed E-state index contributed by atoms with van der Waals surface area (Å²) in [6, 6.07) is 23.3. The lowest BCUT2D eigenvalue weighted by Gasteiger charge is -2.31. The number of carboxylic acids is 1. The number of hydrogen-bond donors (Lipinski definition) is 2. The Balaban J connectivity index is 1.62. The first-order chi connectivity index (χ1) is 17.4. The number of hydrogen-bond acceptors (Lipinski definition) is 6. The number of carbonyl (C=O) groups is 4. The van der Waals surface area contributed by atoms with Gasteiger partial charge in [0.15, 0.2) is 5.54 Å². The Morgan fingerprint density at radius 1 is 0.917 bits per heavy atom. The van der Waals surface area contributed by atoms with Gasteiger partial charge in [-0.05, 0) is 28.8 Å². The number of benzene rings is 3. The molecule has 2 fully saturated rings. The summed E-state index contributed by atoms with van der Waals surface area (Å²) in [6.45, 7) is 0.0595. The molecule has 5 rings (SSSR count). The molecular formula is C28H24N2O6. The second-order valence-electron chi connectivity index (χ2n) is 8.97. The van der Waals surface area contributed by atoms with Gasteiger partial charge in [-0.15, -0.1) is 0 Å². The largest absolute Gasteiger partial charge is 0.480 e. The van der Waals surface area contributed by atoms with Crippen molar-refractivity contribution < 1.29 is 29.0 Å². The van der Waals surface area contributed by atoms with Crippen LogP contribution in [0.5, 0.6) is 0 Å². The Kier molecular flexibility index (Phi) is 5.89. The van der Waals surface area contributed by atoms with Gasteiger partial charge in [-0.1, -0.05) is 72.8 Å². The molecule has 2 heterocycles. The Morgan fingerprint density at radius 2 is 1.53 bits per heavy atom. The molecule has 0 aliphatic carbocycles. The fourth-order valence-corrected chi connectivity index (χ4v) is 5.41. The first-order valence-electron chi connectivity index (χ1n) is 11.5. The molecule has 2 N–H and O–H groups in total. The van der Waals surface area contributed by atoms with Crippen molar-refractivity contribution in [2.75, 3.05) is 7.11 Å². The topological polar surface area (TPSA) is 113 Å². The van der Waals surface area contributed by atoms with Crippen molar-refractivity contribution >= 4 is 23.8 Å². The zero-order chi connectivity index (χ0) is 25.4. The average molecular weight is 485 g/mol. The van der Waals surface area contributed by atoms with Crippen molar-refractivity contribution in [3.63, 3.8) is 0 Å². The minimum atomic E-state index is -1.81. The Labute approximate surface area is 207 Å². The van der Waals surface area contributed by atoms with E-state index in [4.69, 9.17) is 4.74 Å². The van der Waals surface area contributed by atoms with E-state index in [0.29, 0.717) is 16.7 Å². The van der Waals surface area contributed by atoms with Crippen molar-refractivity contribution in [1.82, 2.24) is 10.2 Å². The van der Waals surface area contributed by atoms with Gasteiger partial charge in [-0.2, -0.15) is 0 Å². The van der Waals surface area contributed by atoms with E-state index >= 15 is 0 Å². The number of rotatable bonds is 6. The van der Waals surface area contributed by atoms with Gasteiger partial charge in [0.05, 0.1) is 31.1 Å². The smallest absolute Gasteiger partial charge is 0.337 e. The highest BCUT2D eigenvalue weighted by Crippen LogP contribution is 2.53. The maximum atomic E-state index is 13.8. The highest BCUT2D eigenvalue weighted by molar-refractivity contribution is 6.09. The molecule has 4 atom stereocenters. The van der Waals surface area contributed by atoms with Crippen molar-refractivity contribution in [1.29, 1.82) is 0 Å². The molecule has 36 heavy (non-hydrogen) atoms. The van der Waals surface area contributed by atoms with Crippen LogP contribution in [0.1, 0.15) is 33.1 Å². The van der Waals surface area contributed by atoms with Crippen LogP contribution in [-0.4, -0.2) is 40.9 Å². The first-order valence-corrected chi connectivity index (χ1v) is 11.5. The maximum absolute atomic E-state index is 13.8. The standard InChI is InChI=1S/C28H24N2O6/c1-36-26(33)19-14-12-18(13-15-19)23-21-22(28(29-23,27(34)35)20-10-6-3-7-11-20)25(32)30(24(21)31)16-17-8-4-2-5-9-17/h2-15,21-23,29H,16H2,1H3,(H,34,35). The molecule has 2 aliphatic rings. The molecule has 0 saturated carbocycles. The Morgan fingerprint density at radius 3 is 2.11 bits per heavy atom. The van der Waals surface area contributed by atoms with E-state index in [1.165, 1.54) is 12.0 Å². The third kappa shape index (κ3) is 3.58. The van der Waals surface area contributed by atoms with E-state index in [1.807, 2.05) is 30.3 Å². The first kappa shape index (κ1) is 23.4. The number of likely N-dealkylation sites (tertiary alicyclic amines) is 1. The molecule has 3 aromatic carbocycles. The summed E-state index contributed by atoms with van der Waals surface area (Å²) in [5.41, 5.74) is 0.272. The van der Waals surface area contributed by atoms with Crippen LogP contribution >= 0.6 is 0 Å². The van der Waals surface area contributed by atoms with Crippen LogP contribution in [-0.2, 0) is 31.2 Å². The van der Waals surface area contributed by atoms with Gasteiger partial charge in [0, 0.05) is 6.04 Å². The van der Waals surface area contributed by atoms with E-state index in [9.17, 15) is 24.3 Å². The predicted molar refractivity (Wildman–Crippen MR) is 128 cm³/mol. The number of nitrogens with one attached hydrogen (secondary N) is 1. The molecular weight excluding hydrogens is 460 g/mol. The Bertz CT molecular complexity index is 1330. The molecule has 182 valence electrons. The summed E-state index contributed by atoms with van der Waals surface area (Å²) in [4.78, 5) is 53.5. The van der Waals surface area contributed by atoms with Crippen LogP contribution in [0.3, 0.4) is 0 Å². The number of methoxy groups -OCH3 is 1. The minimum Gasteiger partial charge on any atom is -0.480 e. The van der Waals surface area contributed by atoms with Crippen LogP contribution in [0.2, 0.25) is 0 Å². The molecule has 2 aliphatic heterocycles. The number of ether oxygens (including phenoxy) is 1. The van der Waals surface area contributed by atoms with Crippen LogP contribution in [0.25, 0.3) is 0 Å². The second-order valence-corrected chi connectivity index (χ2v) is 8.97. The number of imide groups is 1. The summed E-state index contributed by atoms with van der Waals surface area (Å²) in [7, 11) is 1.28. The summed E-state index contributed by atoms with van der Waals surface area (Å²) in [6.07, 6.45) is 0. The van der Waals surface area contributed by atoms with Gasteiger partial charge in [0.25, 0.3) is 0 Å². The lowest BCUT2D eigenvalue weighted by atomic mass is 9.75. The fraction of sp³-hybridized carbons (Fsp3) is 0.214. The van der Waals surface area contributed by atoms with E-state index in [2.05, 4.69) is 5.32 Å². The minimum absolute atomic E-state index is 0.0595. The van der Waals surface area contributed by atoms with Crippen LogP contribution < -0.4 is 5.32 Å². The molecule has 8 heteroatoms. The third-order valence-corrected chi connectivity index (χ3v) is 7.09. The molecule has 0 spiro atoms. The van der Waals surface area contributed by atoms with E-state index in [-0.39, 0.29) is 6.54 Å². The molecule has 8 nitrogen and oxygen atoms in total. The van der Waals surface area contributed by atoms with Gasteiger partial charge >= 0.3 is 11.9 Å². The number of nitrogens with zero attached hydrogens (tertiary/aromatic N) is 1. The number of carbonyl (C=O) groups excluding carboxylic acids is 3. The van der Waals surface area contributed by atoms with E-state index < -0.39 is 47.2 Å². The van der Waals surface area contributed by atoms with E-state index in [0.717, 1.165) is 5.56 Å². The third-order valence-electron chi connectivity index (χ3n) is 7.09. The lowest BCUT2D eigenvalue weighted by Crippen LogP contribution is -2.53. The Hall–Kier alpha value is -4.30. The molecule has 0 radical (unpaired) electrons. The molecule has 2 saturated heterocycles. The predicted octanol–water partition coefficient (Wildman–Crippen LogP) is 2.90. The zero-order valence-electron chi connectivity index (χ0n) is 19.5. The van der Waals surface area contributed by atoms with Crippen molar-refractivity contribution in [2.45, 2.75) is 18.1 Å². The van der Waals surface area contributed by atoms with E-state index in [1.54, 1.807) is 54.6 Å². The number of amides is 2. The molecule has 0 bridgehead atoms. The van der Waals surface area contributed by atoms with Crippen LogP contribution in [0.15, 0.2) is 84.9 Å². The van der Waals surface area contributed by atoms with Crippen molar-refractivity contribution in [3.05, 3.63) is 107 Å². The zero-order valence-corrected chi connectivity index (χ0v) is 19.5. The molecule has 3 aromatic rings. The molecule has 4 unspecified atom stereocenters. The van der Waals surface area contributed by atoms with Crippen molar-refractivity contribution in [2.24, 2.45) is 11.8 Å². The van der Waals surface area contributed by atoms with Gasteiger partial charge in [-0.25, -0.2) is 9.59 Å². The van der Waals surface area contributed by atoms with Gasteiger partial charge in [-0.3, -0.25) is 19.8 Å². The summed E-state index contributed by atoms with van der Waals surface area (Å²) in [5, 5.41) is 13.7. The van der Waals surface area contributed by atoms with Gasteiger partial charge in [0.2, 0.25) is 11.8 Å². The summed E-state index contributed by atoms with van der Waals surface area (Å²) in [5.74, 6) is -4.80. The number of fused-ring (bicyclic) bond motifs is 1. The van der Waals surface area contributed by atoms with Crippen molar-refractivity contribution in [3.8, 4) is 0 Å². The monoisotopic (exact) mass is 484 g/mol. The quantitative estimate of drug-likeness (QED) is 0.409. The summed E-state index contributed by atoms with van der Waals surface area (Å²) < 4.78 is 4.76. The molecule has 2 amide bonds. The van der Waals surface area contributed by atoms with Crippen LogP contribution in [0, 0.1) is 11.8 Å². The normalized spacial score (nSPS) is 25.0. The van der Waals surface area contributed by atoms with Crippen LogP contribution in [0.4, 0.5) is 0 Å².